The zero-order chi connectivity index (χ0) is 21.6. The summed E-state index contributed by atoms with van der Waals surface area (Å²) < 4.78 is 0. The van der Waals surface area contributed by atoms with Crippen molar-refractivity contribution in [2.24, 2.45) is 34.4 Å². The normalized spacial score (nSPS) is 45.3. The van der Waals surface area contributed by atoms with Gasteiger partial charge in [-0.2, -0.15) is 0 Å². The number of aliphatic hydroxyl groups is 2. The first-order valence-corrected chi connectivity index (χ1v) is 12.0. The SMILES string of the molecule is CC12CC=C3C4CC45CC(O)CCC5CC[C@]3(O)C1CC=C2c1ccc(N)c(NN)c1. The summed E-state index contributed by atoms with van der Waals surface area (Å²) in [5, 5.41) is 22.7. The van der Waals surface area contributed by atoms with Crippen LogP contribution in [0.4, 0.5) is 11.4 Å². The highest BCUT2D eigenvalue weighted by Crippen LogP contribution is 2.74. The number of nitrogens with two attached hydrogens (primary N) is 2. The molecule has 1 spiro atoms. The zero-order valence-corrected chi connectivity index (χ0v) is 18.4. The standard InChI is InChI=1S/C26H35N3O2/c1-24-10-9-19-20-14-25(20)13-17(30)4-3-16(25)8-11-26(19,31)23(24)7-5-18(24)15-2-6-21(27)22(12-15)29-28/h2,5-6,9,12,16-17,20,23,29-31H,3-4,7-8,10-11,13-14,27-28H2,1H3/t16?,17?,20?,23?,24?,25?,26-/m1/s1. The van der Waals surface area contributed by atoms with Crippen LogP contribution in [-0.2, 0) is 0 Å². The number of anilines is 2. The molecule has 0 bridgehead atoms. The minimum absolute atomic E-state index is 0.0999. The van der Waals surface area contributed by atoms with Crippen LogP contribution in [0.15, 0.2) is 35.9 Å². The van der Waals surface area contributed by atoms with Crippen molar-refractivity contribution in [2.45, 2.75) is 70.0 Å². The van der Waals surface area contributed by atoms with Gasteiger partial charge in [-0.15, -0.1) is 0 Å². The van der Waals surface area contributed by atoms with Crippen molar-refractivity contribution in [3.63, 3.8) is 0 Å². The number of hydrazine groups is 1. The van der Waals surface area contributed by atoms with Gasteiger partial charge in [-0.25, -0.2) is 0 Å². The molecule has 166 valence electrons. The average Bonchev–Trinajstić information content (AvgIpc) is 3.32. The maximum absolute atomic E-state index is 12.3. The van der Waals surface area contributed by atoms with Crippen molar-refractivity contribution in [2.75, 3.05) is 11.2 Å². The summed E-state index contributed by atoms with van der Waals surface area (Å²) in [6, 6.07) is 6.03. The van der Waals surface area contributed by atoms with Crippen LogP contribution in [0.25, 0.3) is 5.57 Å². The van der Waals surface area contributed by atoms with Gasteiger partial charge >= 0.3 is 0 Å². The van der Waals surface area contributed by atoms with Gasteiger partial charge in [-0.05, 0) is 97.5 Å². The number of nitrogen functional groups attached to an aromatic ring is 2. The molecule has 0 aromatic heterocycles. The van der Waals surface area contributed by atoms with Crippen molar-refractivity contribution in [1.82, 2.24) is 0 Å². The molecule has 5 aliphatic carbocycles. The van der Waals surface area contributed by atoms with Crippen LogP contribution in [0.1, 0.15) is 63.9 Å². The van der Waals surface area contributed by atoms with Gasteiger partial charge < -0.3 is 21.4 Å². The van der Waals surface area contributed by atoms with Gasteiger partial charge in [0, 0.05) is 11.3 Å². The van der Waals surface area contributed by atoms with Crippen molar-refractivity contribution in [3.05, 3.63) is 41.5 Å². The van der Waals surface area contributed by atoms with E-state index >= 15 is 0 Å². The lowest BCUT2D eigenvalue weighted by atomic mass is 9.58. The average molecular weight is 422 g/mol. The minimum Gasteiger partial charge on any atom is -0.397 e. The lowest BCUT2D eigenvalue weighted by molar-refractivity contribution is -0.0389. The van der Waals surface area contributed by atoms with Gasteiger partial charge in [-0.3, -0.25) is 5.84 Å². The van der Waals surface area contributed by atoms with E-state index in [-0.39, 0.29) is 22.9 Å². The third-order valence-corrected chi connectivity index (χ3v) is 9.93. The summed E-state index contributed by atoms with van der Waals surface area (Å²) in [6.07, 6.45) is 12.5. The molecule has 0 amide bonds. The Kier molecular flexibility index (Phi) is 4.07. The second-order valence-corrected chi connectivity index (χ2v) is 11.2. The second kappa shape index (κ2) is 6.37. The fourth-order valence-corrected chi connectivity index (χ4v) is 8.28. The summed E-state index contributed by atoms with van der Waals surface area (Å²) in [5.41, 5.74) is 13.3. The lowest BCUT2D eigenvalue weighted by Crippen LogP contribution is -2.49. The van der Waals surface area contributed by atoms with Crippen LogP contribution >= 0.6 is 0 Å². The molecule has 1 aromatic rings. The Morgan fingerprint density at radius 3 is 2.77 bits per heavy atom. The Balaban J connectivity index is 1.37. The molecular weight excluding hydrogens is 386 g/mol. The Morgan fingerprint density at radius 2 is 1.97 bits per heavy atom. The Morgan fingerprint density at radius 1 is 1.13 bits per heavy atom. The van der Waals surface area contributed by atoms with Crippen LogP contribution < -0.4 is 17.0 Å². The largest absolute Gasteiger partial charge is 0.397 e. The number of nitrogens with one attached hydrogen (secondary N) is 1. The van der Waals surface area contributed by atoms with Gasteiger partial charge in [0.2, 0.25) is 0 Å². The summed E-state index contributed by atoms with van der Waals surface area (Å²) in [4.78, 5) is 0. The first kappa shape index (κ1) is 19.8. The van der Waals surface area contributed by atoms with Gasteiger partial charge in [-0.1, -0.05) is 25.1 Å². The number of benzene rings is 1. The summed E-state index contributed by atoms with van der Waals surface area (Å²) in [7, 11) is 0. The fourth-order valence-electron chi connectivity index (χ4n) is 8.28. The summed E-state index contributed by atoms with van der Waals surface area (Å²) in [5.74, 6) is 7.01. The lowest BCUT2D eigenvalue weighted by Gasteiger charge is -2.49. The van der Waals surface area contributed by atoms with Gasteiger partial charge in [0.15, 0.2) is 0 Å². The maximum atomic E-state index is 12.3. The molecular formula is C26H35N3O2. The van der Waals surface area contributed by atoms with Crippen molar-refractivity contribution in [1.29, 1.82) is 0 Å². The van der Waals surface area contributed by atoms with E-state index in [2.05, 4.69) is 30.6 Å². The van der Waals surface area contributed by atoms with E-state index in [1.165, 1.54) is 11.1 Å². The maximum Gasteiger partial charge on any atom is 0.0899 e. The molecule has 5 aliphatic rings. The van der Waals surface area contributed by atoms with Crippen LogP contribution in [0, 0.1) is 28.6 Å². The van der Waals surface area contributed by atoms with Gasteiger partial charge in [0.1, 0.15) is 0 Å². The molecule has 3 saturated carbocycles. The van der Waals surface area contributed by atoms with Crippen LogP contribution in [-0.4, -0.2) is 21.9 Å². The summed E-state index contributed by atoms with van der Waals surface area (Å²) in [6.45, 7) is 2.33. The number of hydrogen-bond donors (Lipinski definition) is 5. The molecule has 6 unspecified atom stereocenters. The first-order chi connectivity index (χ1) is 14.8. The molecule has 31 heavy (non-hydrogen) atoms. The third-order valence-electron chi connectivity index (χ3n) is 9.93. The number of rotatable bonds is 2. The zero-order valence-electron chi connectivity index (χ0n) is 18.4. The van der Waals surface area contributed by atoms with E-state index in [0.717, 1.165) is 62.6 Å². The predicted octanol–water partition coefficient (Wildman–Crippen LogP) is 3.99. The molecule has 7 atom stereocenters. The van der Waals surface area contributed by atoms with Crippen molar-refractivity contribution < 1.29 is 10.2 Å². The second-order valence-electron chi connectivity index (χ2n) is 11.2. The monoisotopic (exact) mass is 421 g/mol. The van der Waals surface area contributed by atoms with Gasteiger partial charge in [0.05, 0.1) is 23.1 Å². The molecule has 0 aliphatic heterocycles. The number of fused-ring (bicyclic) bond motifs is 4. The molecule has 0 radical (unpaired) electrons. The molecule has 0 heterocycles. The molecule has 3 fully saturated rings. The van der Waals surface area contributed by atoms with Crippen LogP contribution in [0.5, 0.6) is 0 Å². The molecule has 5 heteroatoms. The molecule has 6 rings (SSSR count). The third kappa shape index (κ3) is 2.54. The van der Waals surface area contributed by atoms with Gasteiger partial charge in [0.25, 0.3) is 0 Å². The predicted molar refractivity (Wildman–Crippen MR) is 124 cm³/mol. The number of aliphatic hydroxyl groups excluding tert-OH is 1. The highest BCUT2D eigenvalue weighted by molar-refractivity contribution is 5.79. The van der Waals surface area contributed by atoms with Crippen molar-refractivity contribution in [3.8, 4) is 0 Å². The Labute approximate surface area is 184 Å². The van der Waals surface area contributed by atoms with Crippen molar-refractivity contribution >= 4 is 16.9 Å². The Bertz CT molecular complexity index is 1000. The molecule has 0 saturated heterocycles. The van der Waals surface area contributed by atoms with E-state index in [9.17, 15) is 10.2 Å². The van der Waals surface area contributed by atoms with Crippen LogP contribution in [0.2, 0.25) is 0 Å². The van der Waals surface area contributed by atoms with E-state index < -0.39 is 5.60 Å². The topological polar surface area (TPSA) is 105 Å². The molecule has 5 nitrogen and oxygen atoms in total. The highest BCUT2D eigenvalue weighted by Gasteiger charge is 2.68. The first-order valence-electron chi connectivity index (χ1n) is 12.0. The van der Waals surface area contributed by atoms with E-state index in [1.807, 2.05) is 12.1 Å². The smallest absolute Gasteiger partial charge is 0.0899 e. The number of hydrogen-bond acceptors (Lipinski definition) is 5. The van der Waals surface area contributed by atoms with E-state index in [0.29, 0.717) is 17.5 Å². The quantitative estimate of drug-likeness (QED) is 0.215. The van der Waals surface area contributed by atoms with E-state index in [4.69, 9.17) is 11.6 Å². The highest BCUT2D eigenvalue weighted by atomic mass is 16.3. The van der Waals surface area contributed by atoms with E-state index in [1.54, 1.807) is 0 Å². The summed E-state index contributed by atoms with van der Waals surface area (Å²) >= 11 is 0. The minimum atomic E-state index is -0.732. The van der Waals surface area contributed by atoms with Crippen LogP contribution in [0.3, 0.4) is 0 Å². The molecule has 7 N–H and O–H groups in total. The molecule has 1 aromatic carbocycles. The Hall–Kier alpha value is -1.82. The number of allylic oxidation sites excluding steroid dienone is 3. The fraction of sp³-hybridized carbons (Fsp3) is 0.615.